The van der Waals surface area contributed by atoms with Gasteiger partial charge in [-0.1, -0.05) is 11.3 Å². The summed E-state index contributed by atoms with van der Waals surface area (Å²) in [6.07, 6.45) is 1.60. The Kier molecular flexibility index (Phi) is 7.98. The summed E-state index contributed by atoms with van der Waals surface area (Å²) in [6.45, 7) is 2.30. The number of nitrogens with zero attached hydrogens (tertiary/aromatic N) is 4. The number of hydrogen-bond acceptors (Lipinski definition) is 8. The highest BCUT2D eigenvalue weighted by Crippen LogP contribution is 2.38. The number of aryl methyl sites for hydroxylation is 1. The molecule has 2 heterocycles. The SMILES string of the molecule is [B]C([B])([B])NC(=O)c1nnc(NC(=O)C2CC2)cc1Nc1cccc(-c2cc(C(=O)NCC)n(C)n2)c1OC. The molecule has 12 nitrogen and oxygen atoms in total. The van der Waals surface area contributed by atoms with E-state index in [2.05, 4.69) is 36.6 Å². The number of anilines is 3. The van der Waals surface area contributed by atoms with Crippen molar-refractivity contribution in [2.24, 2.45) is 13.0 Å². The molecule has 1 aromatic carbocycles. The summed E-state index contributed by atoms with van der Waals surface area (Å²) < 4.78 is 7.17. The van der Waals surface area contributed by atoms with Gasteiger partial charge in [0.15, 0.2) is 17.3 Å². The van der Waals surface area contributed by atoms with Gasteiger partial charge in [0.2, 0.25) is 5.91 Å². The molecule has 1 fully saturated rings. The molecular formula is C24H25B3N8O4. The van der Waals surface area contributed by atoms with E-state index in [9.17, 15) is 14.4 Å². The minimum atomic E-state index is -2.01. The zero-order chi connectivity index (χ0) is 28.3. The molecule has 0 spiro atoms. The Hall–Kier alpha value is -4.29. The quantitative estimate of drug-likeness (QED) is 0.283. The van der Waals surface area contributed by atoms with Gasteiger partial charge in [0.1, 0.15) is 5.69 Å². The molecule has 0 bridgehead atoms. The van der Waals surface area contributed by atoms with Crippen molar-refractivity contribution in [2.45, 2.75) is 25.0 Å². The number of carbonyl (C=O) groups is 3. The monoisotopic (exact) mass is 522 g/mol. The zero-order valence-electron chi connectivity index (χ0n) is 21.7. The van der Waals surface area contributed by atoms with Gasteiger partial charge in [-0.3, -0.25) is 19.1 Å². The van der Waals surface area contributed by atoms with Crippen molar-refractivity contribution in [2.75, 3.05) is 24.3 Å². The molecule has 1 aliphatic carbocycles. The van der Waals surface area contributed by atoms with Crippen LogP contribution in [0.5, 0.6) is 5.75 Å². The van der Waals surface area contributed by atoms with Gasteiger partial charge in [0.05, 0.1) is 47.7 Å². The summed E-state index contributed by atoms with van der Waals surface area (Å²) >= 11 is 0. The molecule has 4 N–H and O–H groups in total. The highest BCUT2D eigenvalue weighted by molar-refractivity contribution is 6.60. The van der Waals surface area contributed by atoms with Crippen LogP contribution in [0.3, 0.4) is 0 Å². The maximum absolute atomic E-state index is 12.9. The van der Waals surface area contributed by atoms with Gasteiger partial charge in [-0.2, -0.15) is 5.10 Å². The number of methoxy groups -OCH3 is 1. The van der Waals surface area contributed by atoms with Crippen LogP contribution in [-0.2, 0) is 11.8 Å². The number of amides is 3. The molecule has 15 heteroatoms. The number of aromatic nitrogens is 4. The van der Waals surface area contributed by atoms with E-state index < -0.39 is 11.1 Å². The van der Waals surface area contributed by atoms with Crippen molar-refractivity contribution < 1.29 is 19.1 Å². The van der Waals surface area contributed by atoms with Crippen molar-refractivity contribution in [3.63, 3.8) is 0 Å². The predicted molar refractivity (Wildman–Crippen MR) is 147 cm³/mol. The Morgan fingerprint density at radius 3 is 2.49 bits per heavy atom. The van der Waals surface area contributed by atoms with E-state index in [1.54, 1.807) is 31.3 Å². The molecule has 0 atom stereocenters. The fourth-order valence-electron chi connectivity index (χ4n) is 3.81. The van der Waals surface area contributed by atoms with E-state index in [0.29, 0.717) is 34.9 Å². The molecule has 3 amide bonds. The summed E-state index contributed by atoms with van der Waals surface area (Å²) in [5, 5.41) is 21.2. The first-order valence-corrected chi connectivity index (χ1v) is 12.1. The fourth-order valence-corrected chi connectivity index (χ4v) is 3.81. The number of benzene rings is 1. The number of para-hydroxylation sites is 1. The number of ether oxygens (including phenoxy) is 1. The molecule has 3 aromatic rings. The number of carbonyl (C=O) groups excluding carboxylic acids is 3. The van der Waals surface area contributed by atoms with E-state index in [-0.39, 0.29) is 34.9 Å². The maximum Gasteiger partial charge on any atom is 0.272 e. The lowest BCUT2D eigenvalue weighted by Gasteiger charge is -2.23. The molecule has 0 aliphatic heterocycles. The van der Waals surface area contributed by atoms with Crippen molar-refractivity contribution in [3.8, 4) is 17.0 Å². The van der Waals surface area contributed by atoms with Gasteiger partial charge in [-0.25, -0.2) is 0 Å². The Bertz CT molecular complexity index is 1420. The molecule has 4 rings (SSSR count). The van der Waals surface area contributed by atoms with Crippen molar-refractivity contribution in [1.29, 1.82) is 0 Å². The molecule has 194 valence electrons. The van der Waals surface area contributed by atoms with E-state index in [4.69, 9.17) is 28.3 Å². The summed E-state index contributed by atoms with van der Waals surface area (Å²) in [6, 6.07) is 8.33. The topological polar surface area (TPSA) is 152 Å². The Morgan fingerprint density at radius 1 is 1.10 bits per heavy atom. The van der Waals surface area contributed by atoms with Crippen LogP contribution in [0.1, 0.15) is 40.7 Å². The largest absolute Gasteiger partial charge is 0.494 e. The minimum absolute atomic E-state index is 0.0713. The lowest BCUT2D eigenvalue weighted by Crippen LogP contribution is -2.50. The molecule has 2 aromatic heterocycles. The fraction of sp³-hybridized carbons (Fsp3) is 0.333. The van der Waals surface area contributed by atoms with Crippen molar-refractivity contribution >= 4 is 58.5 Å². The lowest BCUT2D eigenvalue weighted by molar-refractivity contribution is -0.117. The number of nitrogens with one attached hydrogen (secondary N) is 4. The van der Waals surface area contributed by atoms with Gasteiger partial charge in [0, 0.05) is 31.1 Å². The van der Waals surface area contributed by atoms with Crippen LogP contribution in [0.15, 0.2) is 30.3 Å². The molecule has 0 saturated heterocycles. The molecule has 1 aliphatic rings. The first-order valence-electron chi connectivity index (χ1n) is 12.1. The van der Waals surface area contributed by atoms with Crippen LogP contribution < -0.4 is 26.0 Å². The zero-order valence-corrected chi connectivity index (χ0v) is 21.7. The molecule has 6 radical (unpaired) electrons. The minimum Gasteiger partial charge on any atom is -0.494 e. The second-order valence-corrected chi connectivity index (χ2v) is 9.05. The van der Waals surface area contributed by atoms with Crippen LogP contribution in [0.2, 0.25) is 0 Å². The Morgan fingerprint density at radius 2 is 1.85 bits per heavy atom. The predicted octanol–water partition coefficient (Wildman–Crippen LogP) is 0.574. The number of hydrogen-bond donors (Lipinski definition) is 4. The van der Waals surface area contributed by atoms with Gasteiger partial charge in [-0.05, 0) is 38.0 Å². The summed E-state index contributed by atoms with van der Waals surface area (Å²) in [4.78, 5) is 37.6. The highest BCUT2D eigenvalue weighted by Gasteiger charge is 2.30. The molecule has 1 saturated carbocycles. The third-order valence-electron chi connectivity index (χ3n) is 5.75. The Balaban J connectivity index is 1.72. The van der Waals surface area contributed by atoms with Crippen molar-refractivity contribution in [1.82, 2.24) is 30.6 Å². The van der Waals surface area contributed by atoms with Gasteiger partial charge >= 0.3 is 0 Å². The third kappa shape index (κ3) is 6.59. The second-order valence-electron chi connectivity index (χ2n) is 9.05. The van der Waals surface area contributed by atoms with Gasteiger partial charge < -0.3 is 26.0 Å². The summed E-state index contributed by atoms with van der Waals surface area (Å²) in [7, 11) is 19.8. The third-order valence-corrected chi connectivity index (χ3v) is 5.75. The van der Waals surface area contributed by atoms with E-state index >= 15 is 0 Å². The lowest BCUT2D eigenvalue weighted by atomic mass is 9.49. The van der Waals surface area contributed by atoms with E-state index in [1.807, 2.05) is 6.92 Å². The first-order chi connectivity index (χ1) is 18.5. The van der Waals surface area contributed by atoms with E-state index in [0.717, 1.165) is 12.8 Å². The van der Waals surface area contributed by atoms with Crippen molar-refractivity contribution in [3.05, 3.63) is 41.7 Å². The van der Waals surface area contributed by atoms with E-state index in [1.165, 1.54) is 17.9 Å². The average Bonchev–Trinajstić information content (AvgIpc) is 3.65. The van der Waals surface area contributed by atoms with Crippen LogP contribution in [0.4, 0.5) is 17.2 Å². The molecule has 0 unspecified atom stereocenters. The van der Waals surface area contributed by atoms with Gasteiger partial charge in [-0.15, -0.1) is 10.2 Å². The maximum atomic E-state index is 12.9. The second kappa shape index (κ2) is 11.2. The summed E-state index contributed by atoms with van der Waals surface area (Å²) in [5.74, 6) is -0.813. The standard InChI is InChI=1S/C24H25B3N8O4/c1-4-28-22(37)17-10-15(34-35(17)2)13-6-5-7-14(20(13)39-3)29-16-11-18(30-21(36)12-8-9-12)32-33-19(16)23(38)31-24(25,26)27/h5-7,10-12H,4,8-9H2,1-3H3,(H,28,37)(H,31,38)(H2,29,30,32,36). The number of rotatable bonds is 10. The average molecular weight is 522 g/mol. The van der Waals surface area contributed by atoms with Crippen LogP contribution in [0, 0.1) is 5.92 Å². The van der Waals surface area contributed by atoms with Crippen LogP contribution in [0.25, 0.3) is 11.3 Å². The van der Waals surface area contributed by atoms with Crippen LogP contribution in [-0.4, -0.2) is 80.1 Å². The molecule has 39 heavy (non-hydrogen) atoms. The normalized spacial score (nSPS) is 12.9. The molecular weight excluding hydrogens is 497 g/mol. The summed E-state index contributed by atoms with van der Waals surface area (Å²) in [5.41, 5.74) is 1.84. The van der Waals surface area contributed by atoms with Crippen LogP contribution >= 0.6 is 0 Å². The first kappa shape index (κ1) is 27.7. The Labute approximate surface area is 229 Å². The smallest absolute Gasteiger partial charge is 0.272 e. The van der Waals surface area contributed by atoms with Gasteiger partial charge in [0.25, 0.3) is 11.8 Å². The highest BCUT2D eigenvalue weighted by atomic mass is 16.5.